The standard InChI is InChI=1S/C23H22N2O2S3/c1-3-11-28-15-30-22-19(14-24)18(23(26)27-4-2)13-20(25-22)21-17(10-12-29-21)16-8-6-5-7-9-16/h5-10,12-13H,3-4,11,15H2,1-2H3. The van der Waals surface area contributed by atoms with Gasteiger partial charge in [0.25, 0.3) is 0 Å². The first-order chi connectivity index (χ1) is 14.7. The summed E-state index contributed by atoms with van der Waals surface area (Å²) in [6.07, 6.45) is 1.09. The van der Waals surface area contributed by atoms with Crippen LogP contribution in [0, 0.1) is 11.3 Å². The number of pyridine rings is 1. The lowest BCUT2D eigenvalue weighted by Crippen LogP contribution is -2.09. The second-order valence-electron chi connectivity index (χ2n) is 6.27. The van der Waals surface area contributed by atoms with E-state index in [4.69, 9.17) is 9.72 Å². The first kappa shape index (κ1) is 22.4. The van der Waals surface area contributed by atoms with Crippen LogP contribution >= 0.6 is 34.9 Å². The van der Waals surface area contributed by atoms with Gasteiger partial charge in [-0.3, -0.25) is 0 Å². The minimum Gasteiger partial charge on any atom is -0.462 e. The molecule has 3 aromatic rings. The van der Waals surface area contributed by atoms with Gasteiger partial charge < -0.3 is 4.74 Å². The van der Waals surface area contributed by atoms with E-state index >= 15 is 0 Å². The van der Waals surface area contributed by atoms with E-state index in [9.17, 15) is 10.1 Å². The number of esters is 1. The average molecular weight is 455 g/mol. The van der Waals surface area contributed by atoms with Crippen molar-refractivity contribution in [2.45, 2.75) is 25.3 Å². The SMILES string of the molecule is CCCSCSc1nc(-c2sccc2-c2ccccc2)cc(C(=O)OCC)c1C#N. The number of thiophene rings is 1. The van der Waals surface area contributed by atoms with Crippen LogP contribution in [0.25, 0.3) is 21.7 Å². The summed E-state index contributed by atoms with van der Waals surface area (Å²) in [4.78, 5) is 18.4. The summed E-state index contributed by atoms with van der Waals surface area (Å²) in [6, 6.07) is 16.0. The highest BCUT2D eigenvalue weighted by atomic mass is 32.2. The van der Waals surface area contributed by atoms with E-state index in [1.165, 1.54) is 11.8 Å². The van der Waals surface area contributed by atoms with Gasteiger partial charge in [0.1, 0.15) is 11.1 Å². The van der Waals surface area contributed by atoms with Crippen LogP contribution in [0.5, 0.6) is 0 Å². The number of hydrogen-bond donors (Lipinski definition) is 0. The van der Waals surface area contributed by atoms with E-state index in [0.29, 0.717) is 10.7 Å². The van der Waals surface area contributed by atoms with Crippen LogP contribution < -0.4 is 0 Å². The van der Waals surface area contributed by atoms with Gasteiger partial charge in [-0.2, -0.15) is 17.0 Å². The molecule has 0 saturated heterocycles. The zero-order valence-corrected chi connectivity index (χ0v) is 19.3. The maximum Gasteiger partial charge on any atom is 0.339 e. The topological polar surface area (TPSA) is 63.0 Å². The number of ether oxygens (including phenoxy) is 1. The Labute approximate surface area is 189 Å². The van der Waals surface area contributed by atoms with Crippen molar-refractivity contribution in [1.82, 2.24) is 4.98 Å². The Hall–Kier alpha value is -2.27. The Kier molecular flexibility index (Phi) is 8.38. The molecule has 0 fully saturated rings. The van der Waals surface area contributed by atoms with Gasteiger partial charge in [-0.15, -0.1) is 11.3 Å². The van der Waals surface area contributed by atoms with E-state index in [2.05, 4.69) is 31.2 Å². The van der Waals surface area contributed by atoms with Crippen molar-refractivity contribution < 1.29 is 9.53 Å². The molecule has 7 heteroatoms. The Balaban J connectivity index is 2.09. The molecule has 0 aliphatic rings. The molecule has 0 N–H and O–H groups in total. The van der Waals surface area contributed by atoms with E-state index in [0.717, 1.165) is 33.3 Å². The molecule has 0 spiro atoms. The largest absolute Gasteiger partial charge is 0.462 e. The van der Waals surface area contributed by atoms with Crippen molar-refractivity contribution in [2.24, 2.45) is 0 Å². The number of aromatic nitrogens is 1. The summed E-state index contributed by atoms with van der Waals surface area (Å²) in [7, 11) is 0. The predicted molar refractivity (Wildman–Crippen MR) is 127 cm³/mol. The van der Waals surface area contributed by atoms with Gasteiger partial charge in [-0.1, -0.05) is 49.0 Å². The van der Waals surface area contributed by atoms with Gasteiger partial charge in [0.2, 0.25) is 0 Å². The number of hydrogen-bond acceptors (Lipinski definition) is 7. The normalized spacial score (nSPS) is 10.6. The maximum atomic E-state index is 12.6. The average Bonchev–Trinajstić information content (AvgIpc) is 3.27. The molecule has 3 rings (SSSR count). The minimum atomic E-state index is -0.487. The summed E-state index contributed by atoms with van der Waals surface area (Å²) in [6.45, 7) is 4.15. The lowest BCUT2D eigenvalue weighted by Gasteiger charge is -2.12. The molecule has 4 nitrogen and oxygen atoms in total. The molecule has 0 aliphatic heterocycles. The van der Waals surface area contributed by atoms with Crippen LogP contribution in [0.15, 0.2) is 52.9 Å². The highest BCUT2D eigenvalue weighted by molar-refractivity contribution is 8.15. The number of benzene rings is 1. The van der Waals surface area contributed by atoms with Gasteiger partial charge in [0, 0.05) is 10.6 Å². The first-order valence-electron chi connectivity index (χ1n) is 9.65. The first-order valence-corrected chi connectivity index (χ1v) is 12.7. The minimum absolute atomic E-state index is 0.254. The molecule has 0 unspecified atom stereocenters. The molecular weight excluding hydrogens is 432 g/mol. The van der Waals surface area contributed by atoms with E-state index in [1.807, 2.05) is 23.6 Å². The molecule has 0 amide bonds. The Morgan fingerprint density at radius 2 is 2.03 bits per heavy atom. The van der Waals surface area contributed by atoms with Crippen LogP contribution in [0.4, 0.5) is 0 Å². The van der Waals surface area contributed by atoms with Crippen LogP contribution in [-0.2, 0) is 4.74 Å². The number of nitrogens with zero attached hydrogens (tertiary/aromatic N) is 2. The number of carbonyl (C=O) groups excluding carboxylic acids is 1. The predicted octanol–water partition coefficient (Wildman–Crippen LogP) is 6.72. The van der Waals surface area contributed by atoms with Crippen LogP contribution in [0.3, 0.4) is 0 Å². The van der Waals surface area contributed by atoms with Gasteiger partial charge in [0.15, 0.2) is 0 Å². The van der Waals surface area contributed by atoms with Crippen LogP contribution in [0.2, 0.25) is 0 Å². The Morgan fingerprint density at radius 1 is 1.23 bits per heavy atom. The van der Waals surface area contributed by atoms with E-state index < -0.39 is 5.97 Å². The Morgan fingerprint density at radius 3 is 2.73 bits per heavy atom. The van der Waals surface area contributed by atoms with Crippen molar-refractivity contribution >= 4 is 40.8 Å². The molecule has 0 atom stereocenters. The van der Waals surface area contributed by atoms with Crippen molar-refractivity contribution in [2.75, 3.05) is 17.4 Å². The maximum absolute atomic E-state index is 12.6. The lowest BCUT2D eigenvalue weighted by atomic mass is 10.0. The van der Waals surface area contributed by atoms with Gasteiger partial charge in [-0.25, -0.2) is 9.78 Å². The third-order valence-electron chi connectivity index (χ3n) is 4.20. The molecule has 154 valence electrons. The highest BCUT2D eigenvalue weighted by Gasteiger charge is 2.22. The summed E-state index contributed by atoms with van der Waals surface area (Å²) in [5.41, 5.74) is 3.40. The third kappa shape index (κ3) is 5.25. The summed E-state index contributed by atoms with van der Waals surface area (Å²) >= 11 is 4.87. The van der Waals surface area contributed by atoms with Gasteiger partial charge in [0.05, 0.1) is 28.3 Å². The zero-order valence-electron chi connectivity index (χ0n) is 16.9. The number of thioether (sulfide) groups is 2. The van der Waals surface area contributed by atoms with Crippen molar-refractivity contribution in [3.63, 3.8) is 0 Å². The number of nitriles is 1. The monoisotopic (exact) mass is 454 g/mol. The molecule has 30 heavy (non-hydrogen) atoms. The fourth-order valence-corrected chi connectivity index (χ4v) is 5.75. The molecule has 2 heterocycles. The molecule has 1 aromatic carbocycles. The fraction of sp³-hybridized carbons (Fsp3) is 0.261. The Bertz CT molecular complexity index is 1040. The van der Waals surface area contributed by atoms with Gasteiger partial charge >= 0.3 is 5.97 Å². The van der Waals surface area contributed by atoms with Crippen molar-refractivity contribution in [3.8, 4) is 27.8 Å². The summed E-state index contributed by atoms with van der Waals surface area (Å²) in [5, 5.41) is 13.1. The lowest BCUT2D eigenvalue weighted by molar-refractivity contribution is 0.0525. The summed E-state index contributed by atoms with van der Waals surface area (Å²) in [5.74, 6) is 0.557. The van der Waals surface area contributed by atoms with Crippen LogP contribution in [0.1, 0.15) is 36.2 Å². The van der Waals surface area contributed by atoms with E-state index in [1.54, 1.807) is 36.1 Å². The van der Waals surface area contributed by atoms with Crippen molar-refractivity contribution in [1.29, 1.82) is 5.26 Å². The van der Waals surface area contributed by atoms with Crippen molar-refractivity contribution in [3.05, 3.63) is 59.0 Å². The number of rotatable bonds is 9. The second-order valence-corrected chi connectivity index (χ2v) is 9.62. The quantitative estimate of drug-likeness (QED) is 0.155. The molecule has 0 saturated carbocycles. The second kappa shape index (κ2) is 11.2. The van der Waals surface area contributed by atoms with Crippen LogP contribution in [-0.4, -0.2) is 28.4 Å². The number of carbonyl (C=O) groups is 1. The smallest absolute Gasteiger partial charge is 0.339 e. The van der Waals surface area contributed by atoms with E-state index in [-0.39, 0.29) is 17.7 Å². The third-order valence-corrected chi connectivity index (χ3v) is 7.54. The molecule has 0 aliphatic carbocycles. The highest BCUT2D eigenvalue weighted by Crippen LogP contribution is 2.38. The van der Waals surface area contributed by atoms with Gasteiger partial charge in [-0.05, 0) is 42.2 Å². The molecular formula is C23H22N2O2S3. The molecule has 0 bridgehead atoms. The summed E-state index contributed by atoms with van der Waals surface area (Å²) < 4.78 is 5.23. The molecule has 2 aromatic heterocycles. The zero-order chi connectivity index (χ0) is 21.3. The molecule has 0 radical (unpaired) electrons. The fourth-order valence-electron chi connectivity index (χ4n) is 2.87.